The highest BCUT2D eigenvalue weighted by Crippen LogP contribution is 2.02. The summed E-state index contributed by atoms with van der Waals surface area (Å²) < 4.78 is 26.4. The topological polar surface area (TPSA) is 100 Å². The maximum absolute atomic E-state index is 11.0. The lowest BCUT2D eigenvalue weighted by molar-refractivity contribution is 0.566. The second kappa shape index (κ2) is 11.6. The van der Waals surface area contributed by atoms with Crippen molar-refractivity contribution in [2.45, 2.75) is 33.7 Å². The minimum Gasteiger partial charge on any atom is -0.357 e. The molecule has 1 aromatic heterocycles. The molecule has 0 spiro atoms. The van der Waals surface area contributed by atoms with E-state index in [0.717, 1.165) is 37.2 Å². The summed E-state index contributed by atoms with van der Waals surface area (Å²) in [6.07, 6.45) is 2.03. The van der Waals surface area contributed by atoms with Crippen LogP contribution in [0.3, 0.4) is 0 Å². The number of hydrogen-bond acceptors (Lipinski definition) is 4. The molecule has 3 N–H and O–H groups in total. The lowest BCUT2D eigenvalue weighted by atomic mass is 10.4. The van der Waals surface area contributed by atoms with Crippen molar-refractivity contribution in [3.63, 3.8) is 0 Å². The highest BCUT2D eigenvalue weighted by molar-refractivity contribution is 14.0. The van der Waals surface area contributed by atoms with Crippen molar-refractivity contribution < 1.29 is 8.42 Å². The number of aromatic nitrogens is 2. The van der Waals surface area contributed by atoms with Gasteiger partial charge in [0.15, 0.2) is 5.96 Å². The Hall–Kier alpha value is -0.880. The Morgan fingerprint density at radius 1 is 1.29 bits per heavy atom. The third kappa shape index (κ3) is 10.1. The summed E-state index contributed by atoms with van der Waals surface area (Å²) in [7, 11) is -3.15. The summed E-state index contributed by atoms with van der Waals surface area (Å²) in [5.41, 5.74) is 2.18. The minimum absolute atomic E-state index is 0. The fourth-order valence-corrected chi connectivity index (χ4v) is 2.54. The van der Waals surface area contributed by atoms with Gasteiger partial charge >= 0.3 is 0 Å². The molecular weight excluding hydrogens is 443 g/mol. The maximum atomic E-state index is 11.0. The molecule has 0 aliphatic rings. The Morgan fingerprint density at radius 3 is 2.54 bits per heavy atom. The van der Waals surface area contributed by atoms with Crippen molar-refractivity contribution in [3.8, 4) is 0 Å². The van der Waals surface area contributed by atoms with Gasteiger partial charge in [-0.2, -0.15) is 5.10 Å². The average molecular weight is 472 g/mol. The van der Waals surface area contributed by atoms with Crippen LogP contribution < -0.4 is 15.4 Å². The summed E-state index contributed by atoms with van der Waals surface area (Å²) in [5, 5.41) is 10.6. The molecule has 8 nitrogen and oxygen atoms in total. The van der Waals surface area contributed by atoms with Gasteiger partial charge in [0.2, 0.25) is 10.0 Å². The molecule has 0 saturated heterocycles. The Kier molecular flexibility index (Phi) is 11.2. The lowest BCUT2D eigenvalue weighted by Crippen LogP contribution is -2.41. The lowest BCUT2D eigenvalue weighted by Gasteiger charge is -2.11. The quantitative estimate of drug-likeness (QED) is 0.212. The Morgan fingerprint density at radius 2 is 2.00 bits per heavy atom. The van der Waals surface area contributed by atoms with Crippen LogP contribution in [0.15, 0.2) is 11.1 Å². The number of nitrogens with one attached hydrogen (secondary N) is 3. The maximum Gasteiger partial charge on any atom is 0.208 e. The summed E-state index contributed by atoms with van der Waals surface area (Å²) in [6, 6.07) is 2.06. The van der Waals surface area contributed by atoms with E-state index in [4.69, 9.17) is 0 Å². The summed E-state index contributed by atoms with van der Waals surface area (Å²) in [4.78, 5) is 4.48. The number of rotatable bonds is 9. The molecule has 0 bridgehead atoms. The van der Waals surface area contributed by atoms with Crippen LogP contribution in [-0.4, -0.2) is 56.6 Å². The summed E-state index contributed by atoms with van der Waals surface area (Å²) in [5.74, 6) is 0.691. The van der Waals surface area contributed by atoms with Crippen LogP contribution in [0.2, 0.25) is 0 Å². The van der Waals surface area contributed by atoms with Crippen LogP contribution in [0.1, 0.15) is 24.7 Å². The van der Waals surface area contributed by atoms with Crippen molar-refractivity contribution in [2.24, 2.45) is 4.99 Å². The number of hydrogen-bond donors (Lipinski definition) is 3. The third-order valence-electron chi connectivity index (χ3n) is 3.03. The number of halogens is 1. The molecule has 1 rings (SSSR count). The molecule has 24 heavy (non-hydrogen) atoms. The van der Waals surface area contributed by atoms with E-state index in [2.05, 4.69) is 31.5 Å². The first-order valence-electron chi connectivity index (χ1n) is 7.79. The van der Waals surface area contributed by atoms with Gasteiger partial charge in [0.1, 0.15) is 0 Å². The molecular formula is C14H29IN6O2S. The van der Waals surface area contributed by atoms with Gasteiger partial charge in [-0.05, 0) is 33.3 Å². The molecule has 1 aromatic rings. The standard InChI is InChI=1S/C14H28N6O2S.HI/c1-5-15-14(17-8-9-18-23(4,21)22)16-7-6-10-20-13(3)11-12(2)19-20;/h11,18H,5-10H2,1-4H3,(H2,15,16,17);1H. The first kappa shape index (κ1) is 23.1. The average Bonchev–Trinajstić information content (AvgIpc) is 2.76. The zero-order chi connectivity index (χ0) is 17.3. The van der Waals surface area contributed by atoms with Gasteiger partial charge in [-0.1, -0.05) is 0 Å². The fraction of sp³-hybridized carbons (Fsp3) is 0.714. The third-order valence-corrected chi connectivity index (χ3v) is 3.76. The minimum atomic E-state index is -3.15. The van der Waals surface area contributed by atoms with Gasteiger partial charge in [0, 0.05) is 38.4 Å². The zero-order valence-corrected chi connectivity index (χ0v) is 17.9. The van der Waals surface area contributed by atoms with Crippen LogP contribution in [0.25, 0.3) is 0 Å². The number of aliphatic imine (C=N–C) groups is 1. The first-order chi connectivity index (χ1) is 10.8. The molecule has 0 amide bonds. The van der Waals surface area contributed by atoms with E-state index in [-0.39, 0.29) is 24.0 Å². The molecule has 10 heteroatoms. The number of guanidine groups is 1. The number of sulfonamides is 1. The second-order valence-electron chi connectivity index (χ2n) is 5.36. The normalized spacial score (nSPS) is 11.9. The van der Waals surface area contributed by atoms with Gasteiger partial charge in [0.25, 0.3) is 0 Å². The molecule has 0 radical (unpaired) electrons. The molecule has 140 valence electrons. The second-order valence-corrected chi connectivity index (χ2v) is 7.19. The molecule has 0 aliphatic carbocycles. The Balaban J connectivity index is 0.00000529. The first-order valence-corrected chi connectivity index (χ1v) is 9.69. The van der Waals surface area contributed by atoms with Crippen molar-refractivity contribution in [1.29, 1.82) is 0 Å². The Labute approximate surface area is 162 Å². The number of aryl methyl sites for hydroxylation is 3. The zero-order valence-electron chi connectivity index (χ0n) is 14.8. The van der Waals surface area contributed by atoms with Crippen LogP contribution in [0.4, 0.5) is 0 Å². The monoisotopic (exact) mass is 472 g/mol. The van der Waals surface area contributed by atoms with Gasteiger partial charge in [-0.15, -0.1) is 24.0 Å². The van der Waals surface area contributed by atoms with E-state index in [1.807, 2.05) is 25.5 Å². The highest BCUT2D eigenvalue weighted by Gasteiger charge is 2.02. The molecule has 0 atom stereocenters. The van der Waals surface area contributed by atoms with Crippen molar-refractivity contribution in [1.82, 2.24) is 25.1 Å². The van der Waals surface area contributed by atoms with Crippen molar-refractivity contribution in [3.05, 3.63) is 17.5 Å². The summed E-state index contributed by atoms with van der Waals surface area (Å²) >= 11 is 0. The van der Waals surface area contributed by atoms with E-state index in [9.17, 15) is 8.42 Å². The fourth-order valence-electron chi connectivity index (χ4n) is 2.07. The largest absolute Gasteiger partial charge is 0.357 e. The molecule has 0 aliphatic heterocycles. The molecule has 0 aromatic carbocycles. The van der Waals surface area contributed by atoms with Crippen LogP contribution >= 0.6 is 24.0 Å². The van der Waals surface area contributed by atoms with Crippen LogP contribution in [-0.2, 0) is 16.6 Å². The molecule has 0 fully saturated rings. The Bertz CT molecular complexity index is 615. The van der Waals surface area contributed by atoms with Crippen LogP contribution in [0, 0.1) is 13.8 Å². The van der Waals surface area contributed by atoms with E-state index in [0.29, 0.717) is 25.6 Å². The SMILES string of the molecule is CCNC(=NCCCn1nc(C)cc1C)NCCNS(C)(=O)=O.I. The van der Waals surface area contributed by atoms with E-state index in [1.165, 1.54) is 0 Å². The van der Waals surface area contributed by atoms with E-state index < -0.39 is 10.0 Å². The molecule has 0 saturated carbocycles. The highest BCUT2D eigenvalue weighted by atomic mass is 127. The van der Waals surface area contributed by atoms with E-state index >= 15 is 0 Å². The van der Waals surface area contributed by atoms with Gasteiger partial charge in [0.05, 0.1) is 11.9 Å². The van der Waals surface area contributed by atoms with Crippen molar-refractivity contribution in [2.75, 3.05) is 32.4 Å². The van der Waals surface area contributed by atoms with Gasteiger partial charge in [-0.3, -0.25) is 9.67 Å². The predicted octanol–water partition coefficient (Wildman–Crippen LogP) is 0.612. The molecule has 1 heterocycles. The van der Waals surface area contributed by atoms with Gasteiger partial charge in [-0.25, -0.2) is 13.1 Å². The van der Waals surface area contributed by atoms with Crippen LogP contribution in [0.5, 0.6) is 0 Å². The molecule has 0 unspecified atom stereocenters. The number of nitrogens with zero attached hydrogens (tertiary/aromatic N) is 3. The van der Waals surface area contributed by atoms with E-state index in [1.54, 1.807) is 0 Å². The van der Waals surface area contributed by atoms with Crippen molar-refractivity contribution >= 4 is 40.0 Å². The van der Waals surface area contributed by atoms with Gasteiger partial charge < -0.3 is 10.6 Å². The summed E-state index contributed by atoms with van der Waals surface area (Å²) in [6.45, 7) is 9.09. The predicted molar refractivity (Wildman–Crippen MR) is 109 cm³/mol. The smallest absolute Gasteiger partial charge is 0.208 e.